The highest BCUT2D eigenvalue weighted by Gasteiger charge is 2.19. The Labute approximate surface area is 138 Å². The van der Waals surface area contributed by atoms with Crippen molar-refractivity contribution < 1.29 is 4.74 Å². The van der Waals surface area contributed by atoms with Crippen LogP contribution in [0.1, 0.15) is 52.0 Å². The number of rotatable bonds is 5. The van der Waals surface area contributed by atoms with E-state index in [-0.39, 0.29) is 5.54 Å². The lowest BCUT2D eigenvalue weighted by atomic mass is 10.1. The molecule has 0 heterocycles. The molecule has 0 spiro atoms. The molecule has 0 radical (unpaired) electrons. The van der Waals surface area contributed by atoms with Gasteiger partial charge in [0.15, 0.2) is 0 Å². The summed E-state index contributed by atoms with van der Waals surface area (Å²) in [4.78, 5) is 0. The minimum atomic E-state index is 0.0392. The minimum Gasteiger partial charge on any atom is -0.491 e. The van der Waals surface area contributed by atoms with Crippen LogP contribution in [0.3, 0.4) is 0 Å². The molecule has 1 aliphatic rings. The van der Waals surface area contributed by atoms with Gasteiger partial charge in [0.2, 0.25) is 0 Å². The van der Waals surface area contributed by atoms with E-state index in [0.29, 0.717) is 22.5 Å². The second-order valence-electron chi connectivity index (χ2n) is 6.94. The van der Waals surface area contributed by atoms with Crippen LogP contribution in [0, 0.1) is 5.92 Å². The van der Waals surface area contributed by atoms with E-state index in [9.17, 15) is 0 Å². The van der Waals surface area contributed by atoms with Crippen LogP contribution < -0.4 is 10.1 Å². The van der Waals surface area contributed by atoms with Gasteiger partial charge in [0, 0.05) is 22.7 Å². The van der Waals surface area contributed by atoms with Crippen LogP contribution in [-0.2, 0) is 6.54 Å². The maximum absolute atomic E-state index is 6.33. The van der Waals surface area contributed by atoms with Gasteiger partial charge in [-0.05, 0) is 51.7 Å². The number of benzene rings is 1. The topological polar surface area (TPSA) is 21.3 Å². The quantitative estimate of drug-likeness (QED) is 0.775. The van der Waals surface area contributed by atoms with Crippen molar-refractivity contribution in [1.29, 1.82) is 0 Å². The van der Waals surface area contributed by atoms with Gasteiger partial charge in [-0.15, -0.1) is 0 Å². The third kappa shape index (κ3) is 5.36. The second-order valence-corrected chi connectivity index (χ2v) is 7.78. The molecule has 0 aromatic heterocycles. The van der Waals surface area contributed by atoms with Crippen molar-refractivity contribution in [3.63, 3.8) is 0 Å². The third-order valence-electron chi connectivity index (χ3n) is 3.83. The monoisotopic (exact) mass is 329 g/mol. The molecular weight excluding hydrogens is 305 g/mol. The largest absolute Gasteiger partial charge is 0.491 e. The summed E-state index contributed by atoms with van der Waals surface area (Å²) >= 11 is 12.5. The Morgan fingerprint density at radius 2 is 1.86 bits per heavy atom. The molecule has 0 bridgehead atoms. The Morgan fingerprint density at radius 1 is 1.19 bits per heavy atom. The first-order valence-electron chi connectivity index (χ1n) is 7.71. The lowest BCUT2D eigenvalue weighted by Gasteiger charge is -2.23. The third-order valence-corrected chi connectivity index (χ3v) is 4.33. The Balaban J connectivity index is 2.09. The number of ether oxygens (including phenoxy) is 1. The Morgan fingerprint density at radius 3 is 2.48 bits per heavy atom. The lowest BCUT2D eigenvalue weighted by molar-refractivity contribution is 0.249. The van der Waals surface area contributed by atoms with Crippen molar-refractivity contribution >= 4 is 23.2 Å². The summed E-state index contributed by atoms with van der Waals surface area (Å²) in [5.41, 5.74) is 1.07. The summed E-state index contributed by atoms with van der Waals surface area (Å²) in [6.45, 7) is 7.86. The molecule has 2 nitrogen and oxygen atoms in total. The molecule has 0 saturated heterocycles. The lowest BCUT2D eigenvalue weighted by Crippen LogP contribution is -2.35. The van der Waals surface area contributed by atoms with Crippen LogP contribution in [-0.4, -0.2) is 12.1 Å². The molecule has 0 atom stereocenters. The van der Waals surface area contributed by atoms with E-state index in [4.69, 9.17) is 27.9 Å². The zero-order chi connectivity index (χ0) is 15.5. The smallest absolute Gasteiger partial charge is 0.142 e. The van der Waals surface area contributed by atoms with E-state index in [1.54, 1.807) is 6.07 Å². The zero-order valence-electron chi connectivity index (χ0n) is 13.1. The molecule has 0 aliphatic heterocycles. The number of halogens is 2. The van der Waals surface area contributed by atoms with Crippen LogP contribution in [0.15, 0.2) is 12.1 Å². The number of nitrogens with one attached hydrogen (secondary N) is 1. The predicted molar refractivity (Wildman–Crippen MR) is 90.5 cm³/mol. The van der Waals surface area contributed by atoms with Crippen LogP contribution in [0.5, 0.6) is 5.75 Å². The van der Waals surface area contributed by atoms with E-state index in [1.165, 1.54) is 25.7 Å². The molecule has 1 aromatic carbocycles. The molecule has 2 rings (SSSR count). The van der Waals surface area contributed by atoms with Crippen LogP contribution in [0.4, 0.5) is 0 Å². The van der Waals surface area contributed by atoms with E-state index >= 15 is 0 Å². The van der Waals surface area contributed by atoms with Crippen molar-refractivity contribution in [2.75, 3.05) is 6.61 Å². The van der Waals surface area contributed by atoms with Crippen molar-refractivity contribution in [3.05, 3.63) is 27.7 Å². The summed E-state index contributed by atoms with van der Waals surface area (Å²) < 4.78 is 6.04. The van der Waals surface area contributed by atoms with Crippen molar-refractivity contribution in [3.8, 4) is 5.75 Å². The average Bonchev–Trinajstić information content (AvgIpc) is 2.87. The van der Waals surface area contributed by atoms with Gasteiger partial charge in [-0.1, -0.05) is 36.0 Å². The van der Waals surface area contributed by atoms with Gasteiger partial charge in [0.05, 0.1) is 11.6 Å². The maximum atomic E-state index is 6.33. The molecule has 0 unspecified atom stereocenters. The fourth-order valence-electron chi connectivity index (χ4n) is 2.65. The molecule has 1 saturated carbocycles. The summed E-state index contributed by atoms with van der Waals surface area (Å²) in [5, 5.41) is 4.72. The molecule has 0 amide bonds. The van der Waals surface area contributed by atoms with Crippen molar-refractivity contribution in [2.45, 2.75) is 58.5 Å². The van der Waals surface area contributed by atoms with Gasteiger partial charge in [-0.25, -0.2) is 0 Å². The van der Waals surface area contributed by atoms with E-state index < -0.39 is 0 Å². The average molecular weight is 330 g/mol. The maximum Gasteiger partial charge on any atom is 0.142 e. The number of hydrogen-bond donors (Lipinski definition) is 1. The van der Waals surface area contributed by atoms with Crippen molar-refractivity contribution in [2.24, 2.45) is 5.92 Å². The molecule has 21 heavy (non-hydrogen) atoms. The predicted octanol–water partition coefficient (Wildman–Crippen LogP) is 5.45. The Kier molecular flexibility index (Phi) is 5.81. The molecule has 1 N–H and O–H groups in total. The summed E-state index contributed by atoms with van der Waals surface area (Å²) in [6, 6.07) is 3.70. The van der Waals surface area contributed by atoms with Crippen LogP contribution in [0.2, 0.25) is 10.0 Å². The molecule has 1 fully saturated rings. The fourth-order valence-corrected chi connectivity index (χ4v) is 3.24. The molecule has 4 heteroatoms. The SMILES string of the molecule is CC(C)(C)NCc1cc(Cl)cc(Cl)c1OCC1CCCC1. The van der Waals surface area contributed by atoms with Crippen LogP contribution >= 0.6 is 23.2 Å². The molecule has 1 aliphatic carbocycles. The van der Waals surface area contributed by atoms with Gasteiger partial charge < -0.3 is 10.1 Å². The van der Waals surface area contributed by atoms with Gasteiger partial charge in [-0.3, -0.25) is 0 Å². The van der Waals surface area contributed by atoms with E-state index in [0.717, 1.165) is 17.9 Å². The molecular formula is C17H25Cl2NO. The second kappa shape index (κ2) is 7.21. The first-order chi connectivity index (χ1) is 9.85. The van der Waals surface area contributed by atoms with Gasteiger partial charge in [0.25, 0.3) is 0 Å². The summed E-state index contributed by atoms with van der Waals surface area (Å²) in [5.74, 6) is 1.45. The highest BCUT2D eigenvalue weighted by molar-refractivity contribution is 6.35. The van der Waals surface area contributed by atoms with E-state index in [2.05, 4.69) is 26.1 Å². The highest BCUT2D eigenvalue weighted by Crippen LogP contribution is 2.34. The fraction of sp³-hybridized carbons (Fsp3) is 0.647. The van der Waals surface area contributed by atoms with Gasteiger partial charge in [-0.2, -0.15) is 0 Å². The highest BCUT2D eigenvalue weighted by atomic mass is 35.5. The van der Waals surface area contributed by atoms with E-state index in [1.807, 2.05) is 6.07 Å². The zero-order valence-corrected chi connectivity index (χ0v) is 14.7. The Bertz CT molecular complexity index is 476. The normalized spacial score (nSPS) is 16.4. The molecule has 118 valence electrons. The van der Waals surface area contributed by atoms with Gasteiger partial charge in [0.1, 0.15) is 5.75 Å². The Hall–Kier alpha value is -0.440. The first kappa shape index (κ1) is 16.9. The summed E-state index contributed by atoms with van der Waals surface area (Å²) in [6.07, 6.45) is 5.17. The van der Waals surface area contributed by atoms with Crippen molar-refractivity contribution in [1.82, 2.24) is 5.32 Å². The van der Waals surface area contributed by atoms with Gasteiger partial charge >= 0.3 is 0 Å². The summed E-state index contributed by atoms with van der Waals surface area (Å²) in [7, 11) is 0. The first-order valence-corrected chi connectivity index (χ1v) is 8.46. The number of hydrogen-bond acceptors (Lipinski definition) is 2. The van der Waals surface area contributed by atoms with Crippen LogP contribution in [0.25, 0.3) is 0 Å². The minimum absolute atomic E-state index is 0.0392. The standard InChI is InChI=1S/C17H25Cl2NO/c1-17(2,3)20-10-13-8-14(18)9-15(19)16(13)21-11-12-6-4-5-7-12/h8-9,12,20H,4-7,10-11H2,1-3H3. The molecule has 1 aromatic rings.